The molecule has 0 bridgehead atoms. The van der Waals surface area contributed by atoms with Crippen molar-refractivity contribution in [3.8, 4) is 6.07 Å². The average Bonchev–Trinajstić information content (AvgIpc) is 2.43. The number of nitrogens with zero attached hydrogens (tertiary/aromatic N) is 2. The van der Waals surface area contributed by atoms with Crippen molar-refractivity contribution in [2.24, 2.45) is 5.92 Å². The van der Waals surface area contributed by atoms with Gasteiger partial charge in [-0.25, -0.2) is 4.39 Å². The molecule has 0 atom stereocenters. The number of halogens is 1. The van der Waals surface area contributed by atoms with E-state index in [0.717, 1.165) is 32.5 Å². The smallest absolute Gasteiger partial charge is 0.129 e. The van der Waals surface area contributed by atoms with Crippen LogP contribution in [0.2, 0.25) is 0 Å². The lowest BCUT2D eigenvalue weighted by Crippen LogP contribution is -2.34. The number of nitriles is 1. The molecule has 0 saturated carbocycles. The van der Waals surface area contributed by atoms with Crippen LogP contribution in [0.25, 0.3) is 0 Å². The van der Waals surface area contributed by atoms with Crippen LogP contribution in [-0.2, 0) is 11.3 Å². The van der Waals surface area contributed by atoms with Crippen LogP contribution >= 0.6 is 0 Å². The van der Waals surface area contributed by atoms with E-state index in [9.17, 15) is 4.39 Å². The predicted octanol–water partition coefficient (Wildman–Crippen LogP) is 2.56. The van der Waals surface area contributed by atoms with E-state index in [4.69, 9.17) is 10.00 Å². The van der Waals surface area contributed by atoms with Crippen LogP contribution in [0.3, 0.4) is 0 Å². The third-order valence-corrected chi connectivity index (χ3v) is 3.69. The molecule has 0 aliphatic carbocycles. The first-order valence-electron chi connectivity index (χ1n) is 6.62. The number of piperidine rings is 1. The van der Waals surface area contributed by atoms with Crippen molar-refractivity contribution < 1.29 is 9.13 Å². The number of hydrogen-bond acceptors (Lipinski definition) is 3. The van der Waals surface area contributed by atoms with Crippen molar-refractivity contribution in [3.05, 3.63) is 35.1 Å². The van der Waals surface area contributed by atoms with Gasteiger partial charge in [-0.1, -0.05) is 6.07 Å². The summed E-state index contributed by atoms with van der Waals surface area (Å²) in [6.45, 7) is 3.40. The first-order valence-corrected chi connectivity index (χ1v) is 6.62. The second kappa shape index (κ2) is 6.65. The van der Waals surface area contributed by atoms with E-state index in [2.05, 4.69) is 4.90 Å². The molecule has 1 aromatic rings. The summed E-state index contributed by atoms with van der Waals surface area (Å²) in [4.78, 5) is 2.26. The summed E-state index contributed by atoms with van der Waals surface area (Å²) in [5.74, 6) is 0.352. The van der Waals surface area contributed by atoms with E-state index in [-0.39, 0.29) is 5.82 Å². The minimum absolute atomic E-state index is 0.280. The Bertz CT molecular complexity index is 462. The molecular weight excluding hydrogens is 243 g/mol. The van der Waals surface area contributed by atoms with E-state index in [0.29, 0.717) is 23.6 Å². The lowest BCUT2D eigenvalue weighted by atomic mass is 9.97. The Kier molecular flexibility index (Phi) is 4.89. The van der Waals surface area contributed by atoms with Crippen LogP contribution in [0, 0.1) is 23.1 Å². The van der Waals surface area contributed by atoms with Crippen LogP contribution in [0.15, 0.2) is 18.2 Å². The standard InChI is InChI=1S/C15H19FN2O/c1-19-11-12-4-6-18(7-5-12)10-14-3-2-13(9-17)8-15(14)16/h2-3,8,12H,4-7,10-11H2,1H3. The van der Waals surface area contributed by atoms with Crippen molar-refractivity contribution >= 4 is 0 Å². The first-order chi connectivity index (χ1) is 9.22. The van der Waals surface area contributed by atoms with Crippen LogP contribution in [-0.4, -0.2) is 31.7 Å². The fourth-order valence-corrected chi connectivity index (χ4v) is 2.53. The molecule has 0 aromatic heterocycles. The molecule has 1 saturated heterocycles. The Morgan fingerprint density at radius 2 is 2.16 bits per heavy atom. The number of likely N-dealkylation sites (tertiary alicyclic amines) is 1. The van der Waals surface area contributed by atoms with Gasteiger partial charge in [0.05, 0.1) is 11.6 Å². The summed E-state index contributed by atoms with van der Waals surface area (Å²) in [5.41, 5.74) is 1.05. The molecule has 4 heteroatoms. The normalized spacial score (nSPS) is 17.3. The first kappa shape index (κ1) is 14.0. The van der Waals surface area contributed by atoms with Crippen molar-refractivity contribution in [3.63, 3.8) is 0 Å². The Morgan fingerprint density at radius 1 is 1.42 bits per heavy atom. The third kappa shape index (κ3) is 3.76. The van der Waals surface area contributed by atoms with Gasteiger partial charge >= 0.3 is 0 Å². The van der Waals surface area contributed by atoms with E-state index in [1.165, 1.54) is 6.07 Å². The summed E-state index contributed by atoms with van der Waals surface area (Å²) in [7, 11) is 1.73. The lowest BCUT2D eigenvalue weighted by molar-refractivity contribution is 0.0964. The maximum Gasteiger partial charge on any atom is 0.129 e. The Labute approximate surface area is 113 Å². The maximum absolute atomic E-state index is 13.8. The van der Waals surface area contributed by atoms with Crippen LogP contribution in [0.1, 0.15) is 24.0 Å². The molecule has 1 fully saturated rings. The molecular formula is C15H19FN2O. The molecule has 0 N–H and O–H groups in total. The van der Waals surface area contributed by atoms with Gasteiger partial charge in [-0.05, 0) is 44.0 Å². The highest BCUT2D eigenvalue weighted by Crippen LogP contribution is 2.20. The minimum Gasteiger partial charge on any atom is -0.384 e. The minimum atomic E-state index is -0.280. The molecule has 0 amide bonds. The monoisotopic (exact) mass is 262 g/mol. The van der Waals surface area contributed by atoms with Gasteiger partial charge in [0.15, 0.2) is 0 Å². The van der Waals surface area contributed by atoms with Crippen molar-refractivity contribution in [2.45, 2.75) is 19.4 Å². The topological polar surface area (TPSA) is 36.3 Å². The predicted molar refractivity (Wildman–Crippen MR) is 71.0 cm³/mol. The van der Waals surface area contributed by atoms with Crippen LogP contribution < -0.4 is 0 Å². The second-order valence-electron chi connectivity index (χ2n) is 5.09. The largest absolute Gasteiger partial charge is 0.384 e. The summed E-state index contributed by atoms with van der Waals surface area (Å²) >= 11 is 0. The second-order valence-corrected chi connectivity index (χ2v) is 5.09. The summed E-state index contributed by atoms with van der Waals surface area (Å²) < 4.78 is 19.0. The highest BCUT2D eigenvalue weighted by molar-refractivity contribution is 5.32. The van der Waals surface area contributed by atoms with Gasteiger partial charge in [-0.3, -0.25) is 4.90 Å². The summed E-state index contributed by atoms with van der Waals surface area (Å²) in [6, 6.07) is 6.66. The number of methoxy groups -OCH3 is 1. The van der Waals surface area contributed by atoms with Gasteiger partial charge in [0.1, 0.15) is 5.82 Å². The number of ether oxygens (including phenoxy) is 1. The number of benzene rings is 1. The molecule has 0 unspecified atom stereocenters. The van der Waals surface area contributed by atoms with Gasteiger partial charge in [0.2, 0.25) is 0 Å². The quantitative estimate of drug-likeness (QED) is 0.836. The molecule has 1 aliphatic heterocycles. The fourth-order valence-electron chi connectivity index (χ4n) is 2.53. The Morgan fingerprint density at radius 3 is 2.74 bits per heavy atom. The lowest BCUT2D eigenvalue weighted by Gasteiger charge is -2.31. The van der Waals surface area contributed by atoms with Crippen molar-refractivity contribution in [1.29, 1.82) is 5.26 Å². The molecule has 1 aliphatic rings. The number of rotatable bonds is 4. The molecule has 0 radical (unpaired) electrons. The molecule has 19 heavy (non-hydrogen) atoms. The fraction of sp³-hybridized carbons (Fsp3) is 0.533. The van der Waals surface area contributed by atoms with E-state index in [1.807, 2.05) is 6.07 Å². The van der Waals surface area contributed by atoms with E-state index < -0.39 is 0 Å². The molecule has 3 nitrogen and oxygen atoms in total. The zero-order valence-corrected chi connectivity index (χ0v) is 11.2. The zero-order chi connectivity index (χ0) is 13.7. The van der Waals surface area contributed by atoms with E-state index >= 15 is 0 Å². The molecule has 0 spiro atoms. The van der Waals surface area contributed by atoms with Crippen molar-refractivity contribution in [2.75, 3.05) is 26.8 Å². The molecule has 2 rings (SSSR count). The van der Waals surface area contributed by atoms with Gasteiger partial charge in [0, 0.05) is 25.8 Å². The van der Waals surface area contributed by atoms with Gasteiger partial charge in [-0.15, -0.1) is 0 Å². The summed E-state index contributed by atoms with van der Waals surface area (Å²) in [6.07, 6.45) is 2.21. The van der Waals surface area contributed by atoms with Gasteiger partial charge in [-0.2, -0.15) is 5.26 Å². The average molecular weight is 262 g/mol. The van der Waals surface area contributed by atoms with E-state index in [1.54, 1.807) is 19.2 Å². The van der Waals surface area contributed by atoms with Gasteiger partial charge in [0.25, 0.3) is 0 Å². The Hall–Kier alpha value is -1.44. The molecule has 102 valence electrons. The Balaban J connectivity index is 1.91. The maximum atomic E-state index is 13.8. The number of hydrogen-bond donors (Lipinski definition) is 0. The van der Waals surface area contributed by atoms with Gasteiger partial charge < -0.3 is 4.74 Å². The highest BCUT2D eigenvalue weighted by Gasteiger charge is 2.19. The molecule has 1 aromatic carbocycles. The molecule has 1 heterocycles. The summed E-state index contributed by atoms with van der Waals surface area (Å²) in [5, 5.41) is 8.72. The van der Waals surface area contributed by atoms with Crippen molar-refractivity contribution in [1.82, 2.24) is 4.90 Å². The van der Waals surface area contributed by atoms with Crippen LogP contribution in [0.5, 0.6) is 0 Å². The third-order valence-electron chi connectivity index (χ3n) is 3.69. The SMILES string of the molecule is COCC1CCN(Cc2ccc(C#N)cc2F)CC1. The zero-order valence-electron chi connectivity index (χ0n) is 11.2. The highest BCUT2D eigenvalue weighted by atomic mass is 19.1. The van der Waals surface area contributed by atoms with Crippen LogP contribution in [0.4, 0.5) is 4.39 Å².